The average Bonchev–Trinajstić information content (AvgIpc) is 2.89. The summed E-state index contributed by atoms with van der Waals surface area (Å²) in [7, 11) is 1.69. The van der Waals surface area contributed by atoms with E-state index >= 15 is 0 Å². The van der Waals surface area contributed by atoms with E-state index < -0.39 is 0 Å². The molecule has 0 bridgehead atoms. The smallest absolute Gasteiger partial charge is 0.183 e. The molecule has 1 aromatic carbocycles. The fraction of sp³-hybridized carbons (Fsp3) is 0.533. The van der Waals surface area contributed by atoms with E-state index in [9.17, 15) is 0 Å². The van der Waals surface area contributed by atoms with E-state index in [1.54, 1.807) is 18.4 Å². The number of rotatable bonds is 8. The van der Waals surface area contributed by atoms with Crippen molar-refractivity contribution in [1.29, 1.82) is 0 Å². The summed E-state index contributed by atoms with van der Waals surface area (Å²) >= 11 is 1.68. The molecule has 1 heterocycles. The minimum atomic E-state index is 0.884. The highest BCUT2D eigenvalue weighted by molar-refractivity contribution is 7.22. The first-order valence-electron chi connectivity index (χ1n) is 7.17. The van der Waals surface area contributed by atoms with Crippen LogP contribution in [0.5, 0.6) is 5.75 Å². The van der Waals surface area contributed by atoms with Crippen LogP contribution in [0.3, 0.4) is 0 Å². The monoisotopic (exact) mass is 293 g/mol. The molecule has 0 aliphatic rings. The zero-order chi connectivity index (χ0) is 14.4. The van der Waals surface area contributed by atoms with Gasteiger partial charge in [-0.2, -0.15) is 0 Å². The lowest BCUT2D eigenvalue weighted by molar-refractivity contribution is 0.303. The average molecular weight is 293 g/mol. The first-order valence-corrected chi connectivity index (χ1v) is 7.99. The molecular formula is C15H23N3OS. The van der Waals surface area contributed by atoms with E-state index in [1.807, 2.05) is 18.2 Å². The van der Waals surface area contributed by atoms with E-state index in [0.717, 1.165) is 53.7 Å². The first kappa shape index (κ1) is 15.1. The number of nitrogens with zero attached hydrogens (tertiary/aromatic N) is 2. The molecular weight excluding hydrogens is 270 g/mol. The van der Waals surface area contributed by atoms with Crippen molar-refractivity contribution in [3.63, 3.8) is 0 Å². The van der Waals surface area contributed by atoms with E-state index in [2.05, 4.69) is 29.0 Å². The molecule has 0 atom stereocenters. The van der Waals surface area contributed by atoms with Crippen LogP contribution in [0.2, 0.25) is 0 Å². The van der Waals surface area contributed by atoms with Gasteiger partial charge in [-0.3, -0.25) is 0 Å². The van der Waals surface area contributed by atoms with Crippen molar-refractivity contribution in [1.82, 2.24) is 9.88 Å². The summed E-state index contributed by atoms with van der Waals surface area (Å²) in [6.07, 6.45) is 1.14. The Kier molecular flexibility index (Phi) is 5.61. The van der Waals surface area contributed by atoms with Crippen LogP contribution in [0.4, 0.5) is 5.13 Å². The van der Waals surface area contributed by atoms with Gasteiger partial charge in [0.05, 0.1) is 17.3 Å². The molecule has 0 aliphatic heterocycles. The van der Waals surface area contributed by atoms with Crippen molar-refractivity contribution in [3.05, 3.63) is 18.2 Å². The maximum atomic E-state index is 5.23. The molecule has 0 saturated heterocycles. The Morgan fingerprint density at radius 2 is 2.10 bits per heavy atom. The molecule has 0 amide bonds. The highest BCUT2D eigenvalue weighted by Crippen LogP contribution is 2.28. The number of anilines is 1. The molecule has 0 saturated carbocycles. The number of hydrogen-bond acceptors (Lipinski definition) is 5. The van der Waals surface area contributed by atoms with Crippen molar-refractivity contribution in [2.75, 3.05) is 38.6 Å². The zero-order valence-corrected chi connectivity index (χ0v) is 13.3. The van der Waals surface area contributed by atoms with Crippen molar-refractivity contribution in [2.24, 2.45) is 0 Å². The maximum Gasteiger partial charge on any atom is 0.183 e. The van der Waals surface area contributed by atoms with Crippen LogP contribution in [-0.2, 0) is 0 Å². The molecule has 0 fully saturated rings. The van der Waals surface area contributed by atoms with E-state index in [4.69, 9.17) is 4.74 Å². The maximum absolute atomic E-state index is 5.23. The Morgan fingerprint density at radius 1 is 1.30 bits per heavy atom. The predicted molar refractivity (Wildman–Crippen MR) is 87.1 cm³/mol. The molecule has 4 nitrogen and oxygen atoms in total. The molecule has 0 spiro atoms. The molecule has 2 aromatic rings. The summed E-state index contributed by atoms with van der Waals surface area (Å²) in [6, 6.07) is 5.99. The van der Waals surface area contributed by atoms with Gasteiger partial charge >= 0.3 is 0 Å². The van der Waals surface area contributed by atoms with Gasteiger partial charge in [0.15, 0.2) is 5.13 Å². The number of methoxy groups -OCH3 is 1. The van der Waals surface area contributed by atoms with Crippen LogP contribution in [-0.4, -0.2) is 43.2 Å². The van der Waals surface area contributed by atoms with Crippen LogP contribution in [0.1, 0.15) is 20.3 Å². The van der Waals surface area contributed by atoms with Gasteiger partial charge in [-0.15, -0.1) is 0 Å². The lowest BCUT2D eigenvalue weighted by Crippen LogP contribution is -2.25. The number of fused-ring (bicyclic) bond motifs is 1. The van der Waals surface area contributed by atoms with Crippen molar-refractivity contribution in [3.8, 4) is 5.75 Å². The van der Waals surface area contributed by atoms with Gasteiger partial charge in [0, 0.05) is 6.54 Å². The number of benzene rings is 1. The number of ether oxygens (including phenoxy) is 1. The van der Waals surface area contributed by atoms with Gasteiger partial charge in [-0.05, 0) is 44.3 Å². The standard InChI is InChI=1S/C15H23N3OS/c1-4-18(5-2)10-6-9-16-15-17-13-8-7-12(19-3)11-14(13)20-15/h7-8,11H,4-6,9-10H2,1-3H3,(H,16,17). The topological polar surface area (TPSA) is 37.4 Å². The molecule has 20 heavy (non-hydrogen) atoms. The lowest BCUT2D eigenvalue weighted by atomic mass is 10.3. The quantitative estimate of drug-likeness (QED) is 0.756. The van der Waals surface area contributed by atoms with Gasteiger partial charge in [0.1, 0.15) is 5.75 Å². The van der Waals surface area contributed by atoms with Gasteiger partial charge in [-0.25, -0.2) is 4.98 Å². The number of aromatic nitrogens is 1. The highest BCUT2D eigenvalue weighted by Gasteiger charge is 2.05. The largest absolute Gasteiger partial charge is 0.497 e. The van der Waals surface area contributed by atoms with Crippen molar-refractivity contribution < 1.29 is 4.74 Å². The van der Waals surface area contributed by atoms with E-state index in [-0.39, 0.29) is 0 Å². The Bertz CT molecular complexity index is 537. The fourth-order valence-corrected chi connectivity index (χ4v) is 3.07. The van der Waals surface area contributed by atoms with Crippen LogP contribution >= 0.6 is 11.3 Å². The second kappa shape index (κ2) is 7.45. The second-order valence-corrected chi connectivity index (χ2v) is 5.69. The van der Waals surface area contributed by atoms with Gasteiger partial charge < -0.3 is 15.0 Å². The van der Waals surface area contributed by atoms with E-state index in [0.29, 0.717) is 0 Å². The molecule has 2 rings (SSSR count). The van der Waals surface area contributed by atoms with Gasteiger partial charge in [0.2, 0.25) is 0 Å². The minimum Gasteiger partial charge on any atom is -0.497 e. The lowest BCUT2D eigenvalue weighted by Gasteiger charge is -2.17. The summed E-state index contributed by atoms with van der Waals surface area (Å²) in [4.78, 5) is 7.02. The molecule has 110 valence electrons. The highest BCUT2D eigenvalue weighted by atomic mass is 32.1. The molecule has 5 heteroatoms. The van der Waals surface area contributed by atoms with Crippen molar-refractivity contribution in [2.45, 2.75) is 20.3 Å². The number of hydrogen-bond donors (Lipinski definition) is 1. The Hall–Kier alpha value is -1.33. The SMILES string of the molecule is CCN(CC)CCCNc1nc2ccc(OC)cc2s1. The normalized spacial score (nSPS) is 11.2. The Labute approximate surface area is 124 Å². The van der Waals surface area contributed by atoms with Gasteiger partial charge in [-0.1, -0.05) is 25.2 Å². The number of thiazole rings is 1. The van der Waals surface area contributed by atoms with Crippen molar-refractivity contribution >= 4 is 26.7 Å². The summed E-state index contributed by atoms with van der Waals surface area (Å²) in [5, 5.41) is 4.41. The fourth-order valence-electron chi connectivity index (χ4n) is 2.15. The van der Waals surface area contributed by atoms with E-state index in [1.165, 1.54) is 0 Å². The zero-order valence-electron chi connectivity index (χ0n) is 12.5. The Morgan fingerprint density at radius 3 is 2.80 bits per heavy atom. The molecule has 1 aromatic heterocycles. The molecule has 1 N–H and O–H groups in total. The van der Waals surface area contributed by atoms with Crippen LogP contribution in [0, 0.1) is 0 Å². The van der Waals surface area contributed by atoms with Crippen LogP contribution in [0.25, 0.3) is 10.2 Å². The summed E-state index contributed by atoms with van der Waals surface area (Å²) in [6.45, 7) is 8.76. The van der Waals surface area contributed by atoms with Crippen LogP contribution < -0.4 is 10.1 Å². The van der Waals surface area contributed by atoms with Gasteiger partial charge in [0.25, 0.3) is 0 Å². The third-order valence-electron chi connectivity index (χ3n) is 3.42. The second-order valence-electron chi connectivity index (χ2n) is 4.66. The summed E-state index contributed by atoms with van der Waals surface area (Å²) in [5.41, 5.74) is 1.03. The third-order valence-corrected chi connectivity index (χ3v) is 4.39. The minimum absolute atomic E-state index is 0.884. The number of nitrogens with one attached hydrogen (secondary N) is 1. The van der Waals surface area contributed by atoms with Crippen LogP contribution in [0.15, 0.2) is 18.2 Å². The third kappa shape index (κ3) is 3.84. The summed E-state index contributed by atoms with van der Waals surface area (Å²) < 4.78 is 6.40. The molecule has 0 aliphatic carbocycles. The molecule has 0 unspecified atom stereocenters. The Balaban J connectivity index is 1.87. The molecule has 0 radical (unpaired) electrons. The first-order chi connectivity index (χ1) is 9.76. The summed E-state index contributed by atoms with van der Waals surface area (Å²) in [5.74, 6) is 0.884. The predicted octanol–water partition coefficient (Wildman–Crippen LogP) is 3.45.